The van der Waals surface area contributed by atoms with Crippen LogP contribution in [0.2, 0.25) is 10.0 Å². The largest absolute Gasteiger partial charge is 0.342 e. The van der Waals surface area contributed by atoms with Gasteiger partial charge in [-0.15, -0.1) is 0 Å². The van der Waals surface area contributed by atoms with Crippen LogP contribution in [0.4, 0.5) is 0 Å². The second-order valence-electron chi connectivity index (χ2n) is 5.64. The standard InChI is InChI=1S/C15H14Cl2N6O2/c16-11-1-2-13(14(17)3-11)15(6-23-10-19-8-21-23)24-5-12(25-15)4-22-9-18-7-20-22/h1-3,7-10,12H,4-6H2/t12-,15-/m1/s1. The quantitative estimate of drug-likeness (QED) is 0.674. The first kappa shape index (κ1) is 16.5. The first-order chi connectivity index (χ1) is 12.1. The van der Waals surface area contributed by atoms with Gasteiger partial charge in [0.15, 0.2) is 0 Å². The maximum Gasteiger partial charge on any atom is 0.217 e. The van der Waals surface area contributed by atoms with Crippen LogP contribution in [-0.2, 0) is 28.4 Å². The highest BCUT2D eigenvalue weighted by Gasteiger charge is 2.45. The molecule has 0 spiro atoms. The summed E-state index contributed by atoms with van der Waals surface area (Å²) in [7, 11) is 0. The van der Waals surface area contributed by atoms with Crippen molar-refractivity contribution in [3.63, 3.8) is 0 Å². The van der Waals surface area contributed by atoms with Crippen molar-refractivity contribution in [2.24, 2.45) is 0 Å². The minimum atomic E-state index is -1.08. The Labute approximate surface area is 153 Å². The van der Waals surface area contributed by atoms with Gasteiger partial charge in [0.25, 0.3) is 0 Å². The van der Waals surface area contributed by atoms with Crippen LogP contribution in [0.5, 0.6) is 0 Å². The molecule has 1 fully saturated rings. The Morgan fingerprint density at radius 1 is 1.12 bits per heavy atom. The average molecular weight is 381 g/mol. The second kappa shape index (κ2) is 6.72. The van der Waals surface area contributed by atoms with E-state index in [0.29, 0.717) is 35.3 Å². The zero-order chi connectivity index (χ0) is 17.3. The highest BCUT2D eigenvalue weighted by Crippen LogP contribution is 2.40. The van der Waals surface area contributed by atoms with E-state index in [1.807, 2.05) is 0 Å². The molecule has 0 unspecified atom stereocenters. The first-order valence-electron chi connectivity index (χ1n) is 7.57. The molecule has 4 rings (SSSR count). The highest BCUT2D eigenvalue weighted by atomic mass is 35.5. The van der Waals surface area contributed by atoms with Crippen LogP contribution in [0.25, 0.3) is 0 Å². The Morgan fingerprint density at radius 2 is 1.88 bits per heavy atom. The molecule has 1 aliphatic heterocycles. The molecule has 130 valence electrons. The molecule has 0 saturated carbocycles. The van der Waals surface area contributed by atoms with E-state index >= 15 is 0 Å². The zero-order valence-corrected chi connectivity index (χ0v) is 14.5. The van der Waals surface area contributed by atoms with Gasteiger partial charge in [-0.25, -0.2) is 14.6 Å². The molecule has 0 aliphatic carbocycles. The van der Waals surface area contributed by atoms with Gasteiger partial charge < -0.3 is 9.47 Å². The number of hydrogen-bond acceptors (Lipinski definition) is 6. The van der Waals surface area contributed by atoms with E-state index in [-0.39, 0.29) is 6.10 Å². The normalized spacial score (nSPS) is 23.2. The topological polar surface area (TPSA) is 79.9 Å². The third kappa shape index (κ3) is 3.38. The van der Waals surface area contributed by atoms with Gasteiger partial charge in [0.05, 0.1) is 18.2 Å². The van der Waals surface area contributed by atoms with Crippen molar-refractivity contribution in [1.29, 1.82) is 0 Å². The lowest BCUT2D eigenvalue weighted by atomic mass is 10.1. The molecule has 2 atom stereocenters. The van der Waals surface area contributed by atoms with Crippen LogP contribution in [-0.4, -0.2) is 42.2 Å². The summed E-state index contributed by atoms with van der Waals surface area (Å²) in [6.07, 6.45) is 5.96. The number of nitrogens with zero attached hydrogens (tertiary/aromatic N) is 6. The van der Waals surface area contributed by atoms with Crippen LogP contribution < -0.4 is 0 Å². The maximum atomic E-state index is 6.41. The van der Waals surface area contributed by atoms with E-state index in [1.165, 1.54) is 12.7 Å². The molecule has 8 nitrogen and oxygen atoms in total. The number of ether oxygens (including phenoxy) is 2. The van der Waals surface area contributed by atoms with Crippen molar-refractivity contribution in [2.45, 2.75) is 25.0 Å². The van der Waals surface area contributed by atoms with Crippen molar-refractivity contribution >= 4 is 23.2 Å². The van der Waals surface area contributed by atoms with Gasteiger partial charge in [0, 0.05) is 10.6 Å². The summed E-state index contributed by atoms with van der Waals surface area (Å²) in [5.74, 6) is -1.08. The Morgan fingerprint density at radius 3 is 2.56 bits per heavy atom. The van der Waals surface area contributed by atoms with Crippen LogP contribution in [0.3, 0.4) is 0 Å². The SMILES string of the molecule is Clc1ccc([C@]2(Cn3cncn3)OC[C@@H](Cn3cncn3)O2)c(Cl)c1. The second-order valence-corrected chi connectivity index (χ2v) is 6.48. The molecule has 1 aromatic carbocycles. The summed E-state index contributed by atoms with van der Waals surface area (Å²) in [5, 5.41) is 9.26. The van der Waals surface area contributed by atoms with Crippen molar-refractivity contribution in [3.05, 3.63) is 59.1 Å². The third-order valence-electron chi connectivity index (χ3n) is 3.89. The van der Waals surface area contributed by atoms with Gasteiger partial charge in [-0.05, 0) is 12.1 Å². The van der Waals surface area contributed by atoms with E-state index < -0.39 is 5.79 Å². The van der Waals surface area contributed by atoms with Gasteiger partial charge in [0.1, 0.15) is 38.0 Å². The molecule has 10 heteroatoms. The smallest absolute Gasteiger partial charge is 0.217 e. The van der Waals surface area contributed by atoms with E-state index in [9.17, 15) is 0 Å². The lowest BCUT2D eigenvalue weighted by Gasteiger charge is -2.29. The fourth-order valence-electron chi connectivity index (χ4n) is 2.83. The van der Waals surface area contributed by atoms with Gasteiger partial charge in [-0.1, -0.05) is 29.3 Å². The molecular formula is C15H14Cl2N6O2. The molecule has 1 aliphatic rings. The Balaban J connectivity index is 1.65. The third-order valence-corrected chi connectivity index (χ3v) is 4.44. The molecule has 3 aromatic rings. The zero-order valence-electron chi connectivity index (χ0n) is 13.0. The van der Waals surface area contributed by atoms with Gasteiger partial charge in [-0.3, -0.25) is 4.68 Å². The van der Waals surface area contributed by atoms with E-state index in [2.05, 4.69) is 20.2 Å². The molecule has 2 aromatic heterocycles. The number of aromatic nitrogens is 6. The van der Waals surface area contributed by atoms with Crippen LogP contribution in [0.1, 0.15) is 5.56 Å². The Hall–Kier alpha value is -2.00. The summed E-state index contributed by atoms with van der Waals surface area (Å²) < 4.78 is 15.7. The highest BCUT2D eigenvalue weighted by molar-refractivity contribution is 6.35. The van der Waals surface area contributed by atoms with Crippen molar-refractivity contribution in [1.82, 2.24) is 29.5 Å². The molecular weight excluding hydrogens is 367 g/mol. The molecule has 0 bridgehead atoms. The fourth-order valence-corrected chi connectivity index (χ4v) is 3.38. The van der Waals surface area contributed by atoms with E-state index in [1.54, 1.807) is 40.2 Å². The molecule has 3 heterocycles. The fraction of sp³-hybridized carbons (Fsp3) is 0.333. The number of rotatable bonds is 5. The number of halogens is 2. The number of benzene rings is 1. The maximum absolute atomic E-state index is 6.41. The Kier molecular flexibility index (Phi) is 4.43. The Bertz CT molecular complexity index is 842. The summed E-state index contributed by atoms with van der Waals surface area (Å²) >= 11 is 12.4. The van der Waals surface area contributed by atoms with Crippen LogP contribution in [0, 0.1) is 0 Å². The van der Waals surface area contributed by atoms with E-state index in [4.69, 9.17) is 32.7 Å². The number of hydrogen-bond donors (Lipinski definition) is 0. The minimum absolute atomic E-state index is 0.211. The molecule has 0 amide bonds. The van der Waals surface area contributed by atoms with Gasteiger partial charge >= 0.3 is 0 Å². The van der Waals surface area contributed by atoms with Crippen molar-refractivity contribution in [3.8, 4) is 0 Å². The van der Waals surface area contributed by atoms with E-state index in [0.717, 1.165) is 0 Å². The first-order valence-corrected chi connectivity index (χ1v) is 8.32. The van der Waals surface area contributed by atoms with Crippen molar-refractivity contribution < 1.29 is 9.47 Å². The van der Waals surface area contributed by atoms with Gasteiger partial charge in [0.2, 0.25) is 5.79 Å². The van der Waals surface area contributed by atoms with Crippen LogP contribution >= 0.6 is 23.2 Å². The lowest BCUT2D eigenvalue weighted by molar-refractivity contribution is -0.189. The monoisotopic (exact) mass is 380 g/mol. The summed E-state index contributed by atoms with van der Waals surface area (Å²) in [4.78, 5) is 7.91. The minimum Gasteiger partial charge on any atom is -0.342 e. The predicted octanol–water partition coefficient (Wildman–Crippen LogP) is 2.14. The van der Waals surface area contributed by atoms with Crippen LogP contribution in [0.15, 0.2) is 43.5 Å². The summed E-state index contributed by atoms with van der Waals surface area (Å²) in [6, 6.07) is 5.22. The lowest BCUT2D eigenvalue weighted by Crippen LogP contribution is -2.34. The van der Waals surface area contributed by atoms with Crippen molar-refractivity contribution in [2.75, 3.05) is 6.61 Å². The summed E-state index contributed by atoms with van der Waals surface area (Å²) in [6.45, 7) is 1.21. The predicted molar refractivity (Wildman–Crippen MR) is 89.0 cm³/mol. The van der Waals surface area contributed by atoms with Gasteiger partial charge in [-0.2, -0.15) is 10.2 Å². The molecule has 25 heavy (non-hydrogen) atoms. The molecule has 1 saturated heterocycles. The molecule has 0 N–H and O–H groups in total. The summed E-state index contributed by atoms with van der Waals surface area (Å²) in [5.41, 5.74) is 0.690. The average Bonchev–Trinajstić information content (AvgIpc) is 3.31. The molecule has 0 radical (unpaired) electrons.